The first-order valence-electron chi connectivity index (χ1n) is 9.49. The topological polar surface area (TPSA) is 71.5 Å². The molecule has 5 heterocycles. The maximum Gasteiger partial charge on any atom is 0.333 e. The van der Waals surface area contributed by atoms with Crippen LogP contribution in [-0.2, 0) is 19.9 Å². The number of benzene rings is 1. The third-order valence-corrected chi connectivity index (χ3v) is 6.91. The van der Waals surface area contributed by atoms with Crippen molar-refractivity contribution in [3.05, 3.63) is 59.9 Å². The van der Waals surface area contributed by atoms with Crippen molar-refractivity contribution in [1.29, 1.82) is 0 Å². The predicted molar refractivity (Wildman–Crippen MR) is 96.6 cm³/mol. The zero-order valence-corrected chi connectivity index (χ0v) is 14.7. The van der Waals surface area contributed by atoms with Crippen LogP contribution < -0.4 is 5.32 Å². The van der Waals surface area contributed by atoms with Crippen LogP contribution in [0, 0.1) is 5.41 Å². The average Bonchev–Trinajstić information content (AvgIpc) is 3.32. The Hall–Kier alpha value is -2.73. The molecular formula is C21H19N3O3. The second-order valence-electron chi connectivity index (χ2n) is 7.91. The lowest BCUT2D eigenvalue weighted by Crippen LogP contribution is -2.60. The molecule has 4 aliphatic rings. The molecule has 1 aromatic carbocycles. The number of nitrogens with zero attached hydrogens (tertiary/aromatic N) is 2. The number of amides is 1. The van der Waals surface area contributed by atoms with Gasteiger partial charge in [-0.25, -0.2) is 4.79 Å². The molecule has 0 radical (unpaired) electrons. The number of ether oxygens (including phenoxy) is 1. The van der Waals surface area contributed by atoms with Crippen molar-refractivity contribution >= 4 is 17.6 Å². The first-order chi connectivity index (χ1) is 13.2. The van der Waals surface area contributed by atoms with Crippen LogP contribution in [0.1, 0.15) is 36.6 Å². The Morgan fingerprint density at radius 2 is 2.00 bits per heavy atom. The number of carbonyl (C=O) groups excluding carboxylic acids is 2. The molecule has 4 atom stereocenters. The molecule has 0 bridgehead atoms. The number of anilines is 1. The third-order valence-electron chi connectivity index (χ3n) is 6.91. The van der Waals surface area contributed by atoms with Crippen LogP contribution in [0.25, 0.3) is 0 Å². The summed E-state index contributed by atoms with van der Waals surface area (Å²) < 4.78 is 5.97. The molecular weight excluding hydrogens is 342 g/mol. The van der Waals surface area contributed by atoms with Crippen LogP contribution in [0.15, 0.2) is 48.7 Å². The van der Waals surface area contributed by atoms with Gasteiger partial charge in [0.1, 0.15) is 5.41 Å². The summed E-state index contributed by atoms with van der Waals surface area (Å²) in [4.78, 5) is 33.9. The van der Waals surface area contributed by atoms with E-state index < -0.39 is 17.1 Å². The molecule has 6 nitrogen and oxygen atoms in total. The van der Waals surface area contributed by atoms with Gasteiger partial charge in [-0.2, -0.15) is 0 Å². The van der Waals surface area contributed by atoms with Gasteiger partial charge in [-0.15, -0.1) is 0 Å². The van der Waals surface area contributed by atoms with Crippen molar-refractivity contribution in [2.75, 3.05) is 11.9 Å². The normalized spacial score (nSPS) is 36.4. The van der Waals surface area contributed by atoms with Crippen LogP contribution in [0.5, 0.6) is 0 Å². The standard InChI is InChI=1S/C21H19N3O3/c25-18-20-12-13-6-5-11-24(13)21(20,14-7-1-2-8-15(14)23-18)19(26)27-17(20)16-9-3-4-10-22-16/h1-4,7-10,13,17H,5-6,11-12H2,(H,23,25)/t13?,17-,20-,21+/m1/s1. The van der Waals surface area contributed by atoms with Crippen molar-refractivity contribution in [2.45, 2.75) is 36.9 Å². The average molecular weight is 361 g/mol. The zero-order chi connectivity index (χ0) is 18.2. The van der Waals surface area contributed by atoms with E-state index in [0.29, 0.717) is 17.8 Å². The summed E-state index contributed by atoms with van der Waals surface area (Å²) in [5, 5.41) is 3.07. The Morgan fingerprint density at radius 3 is 2.85 bits per heavy atom. The second-order valence-corrected chi connectivity index (χ2v) is 7.91. The smallest absolute Gasteiger partial charge is 0.333 e. The maximum atomic E-state index is 13.6. The fraction of sp³-hybridized carbons (Fsp3) is 0.381. The van der Waals surface area contributed by atoms with E-state index >= 15 is 0 Å². The van der Waals surface area contributed by atoms with Gasteiger partial charge in [0.25, 0.3) is 0 Å². The molecule has 0 spiro atoms. The molecule has 1 amide bonds. The number of carbonyl (C=O) groups is 2. The Balaban J connectivity index is 1.68. The van der Waals surface area contributed by atoms with Gasteiger partial charge in [0, 0.05) is 23.5 Å². The highest BCUT2D eigenvalue weighted by Gasteiger charge is 2.81. The number of aromatic nitrogens is 1. The van der Waals surface area contributed by atoms with Gasteiger partial charge in [-0.05, 0) is 44.0 Å². The summed E-state index contributed by atoms with van der Waals surface area (Å²) in [5.74, 6) is -0.443. The number of cyclic esters (lactones) is 1. The molecule has 6 rings (SSSR count). The van der Waals surface area contributed by atoms with Gasteiger partial charge < -0.3 is 10.1 Å². The summed E-state index contributed by atoms with van der Waals surface area (Å²) in [6.45, 7) is 0.804. The Labute approximate surface area is 156 Å². The highest BCUT2D eigenvalue weighted by molar-refractivity contribution is 6.09. The molecule has 1 aromatic heterocycles. The quantitative estimate of drug-likeness (QED) is 0.790. The summed E-state index contributed by atoms with van der Waals surface area (Å²) in [5.41, 5.74) is 0.165. The van der Waals surface area contributed by atoms with E-state index in [0.717, 1.165) is 24.9 Å². The van der Waals surface area contributed by atoms with Gasteiger partial charge in [-0.1, -0.05) is 24.3 Å². The summed E-state index contributed by atoms with van der Waals surface area (Å²) in [6.07, 6.45) is 3.66. The van der Waals surface area contributed by atoms with Gasteiger partial charge in [0.05, 0.1) is 5.69 Å². The second kappa shape index (κ2) is 4.95. The van der Waals surface area contributed by atoms with E-state index in [2.05, 4.69) is 15.2 Å². The minimum atomic E-state index is -1.06. The maximum absolute atomic E-state index is 13.6. The number of hydrogen-bond acceptors (Lipinski definition) is 5. The fourth-order valence-corrected chi connectivity index (χ4v) is 6.02. The Kier molecular flexibility index (Phi) is 2.81. The first-order valence-corrected chi connectivity index (χ1v) is 9.49. The molecule has 136 valence electrons. The molecule has 2 aromatic rings. The van der Waals surface area contributed by atoms with E-state index in [4.69, 9.17) is 4.74 Å². The first kappa shape index (κ1) is 15.3. The molecule has 27 heavy (non-hydrogen) atoms. The van der Waals surface area contributed by atoms with Crippen LogP contribution in [-0.4, -0.2) is 34.3 Å². The number of para-hydroxylation sites is 1. The van der Waals surface area contributed by atoms with Gasteiger partial charge in [0.15, 0.2) is 11.6 Å². The third kappa shape index (κ3) is 1.56. The van der Waals surface area contributed by atoms with Gasteiger partial charge in [0.2, 0.25) is 5.91 Å². The Bertz CT molecular complexity index is 978. The molecule has 6 heteroatoms. The molecule has 3 fully saturated rings. The van der Waals surface area contributed by atoms with Crippen molar-refractivity contribution in [1.82, 2.24) is 9.88 Å². The SMILES string of the molecule is O=C1Nc2ccccc2[C@]23C(=O)O[C@H](c4ccccn4)[C@]12CC1CCCN13. The molecule has 4 aliphatic heterocycles. The number of pyridine rings is 1. The van der Waals surface area contributed by atoms with Crippen molar-refractivity contribution in [3.63, 3.8) is 0 Å². The van der Waals surface area contributed by atoms with E-state index in [-0.39, 0.29) is 17.9 Å². The van der Waals surface area contributed by atoms with E-state index in [9.17, 15) is 9.59 Å². The van der Waals surface area contributed by atoms with E-state index in [1.54, 1.807) is 6.20 Å². The number of hydrogen-bond donors (Lipinski definition) is 1. The summed E-state index contributed by atoms with van der Waals surface area (Å²) in [6, 6.07) is 13.4. The zero-order valence-electron chi connectivity index (χ0n) is 14.7. The fourth-order valence-electron chi connectivity index (χ4n) is 6.02. The lowest BCUT2D eigenvalue weighted by Gasteiger charge is -2.45. The lowest BCUT2D eigenvalue weighted by molar-refractivity contribution is -0.151. The van der Waals surface area contributed by atoms with Crippen molar-refractivity contribution in [2.24, 2.45) is 5.41 Å². The summed E-state index contributed by atoms with van der Waals surface area (Å²) >= 11 is 0. The van der Waals surface area contributed by atoms with Crippen LogP contribution >= 0.6 is 0 Å². The molecule has 0 saturated carbocycles. The highest BCUT2D eigenvalue weighted by Crippen LogP contribution is 2.70. The predicted octanol–water partition coefficient (Wildman–Crippen LogP) is 2.38. The van der Waals surface area contributed by atoms with Gasteiger partial charge >= 0.3 is 5.97 Å². The molecule has 1 unspecified atom stereocenters. The Morgan fingerprint density at radius 1 is 1.15 bits per heavy atom. The number of fused-ring (bicyclic) bond motifs is 2. The van der Waals surface area contributed by atoms with E-state index in [1.165, 1.54) is 0 Å². The van der Waals surface area contributed by atoms with Crippen LogP contribution in [0.4, 0.5) is 5.69 Å². The minimum absolute atomic E-state index is 0.128. The van der Waals surface area contributed by atoms with Gasteiger partial charge in [-0.3, -0.25) is 14.7 Å². The number of rotatable bonds is 1. The monoisotopic (exact) mass is 361 g/mol. The van der Waals surface area contributed by atoms with Crippen molar-refractivity contribution < 1.29 is 14.3 Å². The van der Waals surface area contributed by atoms with E-state index in [1.807, 2.05) is 42.5 Å². The molecule has 1 N–H and O–H groups in total. The highest BCUT2D eigenvalue weighted by atomic mass is 16.6. The minimum Gasteiger partial charge on any atom is -0.453 e. The number of esters is 1. The number of nitrogens with one attached hydrogen (secondary N) is 1. The molecule has 3 saturated heterocycles. The molecule has 0 aliphatic carbocycles. The van der Waals surface area contributed by atoms with Crippen LogP contribution in [0.3, 0.4) is 0 Å². The lowest BCUT2D eigenvalue weighted by atomic mass is 9.61. The van der Waals surface area contributed by atoms with Crippen LogP contribution in [0.2, 0.25) is 0 Å². The van der Waals surface area contributed by atoms with Crippen molar-refractivity contribution in [3.8, 4) is 0 Å². The summed E-state index contributed by atoms with van der Waals surface area (Å²) in [7, 11) is 0. The largest absolute Gasteiger partial charge is 0.453 e.